The summed E-state index contributed by atoms with van der Waals surface area (Å²) in [5.41, 5.74) is 3.07. The number of amides is 2. The molecule has 2 amide bonds. The predicted octanol–water partition coefficient (Wildman–Crippen LogP) is 4.63. The van der Waals surface area contributed by atoms with E-state index in [1.807, 2.05) is 29.2 Å². The molecular weight excluding hydrogens is 484 g/mol. The van der Waals surface area contributed by atoms with E-state index in [2.05, 4.69) is 15.2 Å². The zero-order chi connectivity index (χ0) is 24.5. The van der Waals surface area contributed by atoms with Crippen LogP contribution in [-0.2, 0) is 11.2 Å². The van der Waals surface area contributed by atoms with Crippen molar-refractivity contribution in [2.24, 2.45) is 0 Å². The van der Waals surface area contributed by atoms with Crippen molar-refractivity contribution in [3.8, 4) is 0 Å². The van der Waals surface area contributed by atoms with Gasteiger partial charge in [-0.25, -0.2) is 4.98 Å². The van der Waals surface area contributed by atoms with Crippen LogP contribution >= 0.6 is 22.9 Å². The largest absolute Gasteiger partial charge is 0.368 e. The normalized spacial score (nSPS) is 17.3. The number of halogens is 1. The van der Waals surface area contributed by atoms with Crippen molar-refractivity contribution in [3.05, 3.63) is 75.3 Å². The second-order valence-corrected chi connectivity index (χ2v) is 10.3. The molecule has 0 spiro atoms. The third-order valence-corrected chi connectivity index (χ3v) is 7.87. The predicted molar refractivity (Wildman–Crippen MR) is 138 cm³/mol. The average molecular weight is 509 g/mol. The van der Waals surface area contributed by atoms with E-state index in [1.54, 1.807) is 31.2 Å². The van der Waals surface area contributed by atoms with Gasteiger partial charge in [0.25, 0.3) is 5.91 Å². The summed E-state index contributed by atoms with van der Waals surface area (Å²) in [4.78, 5) is 47.2. The number of ketones is 1. The van der Waals surface area contributed by atoms with Gasteiger partial charge < -0.3 is 9.80 Å². The molecule has 1 unspecified atom stereocenters. The maximum absolute atomic E-state index is 13.3. The molecule has 2 heterocycles. The molecule has 1 saturated heterocycles. The van der Waals surface area contributed by atoms with E-state index in [0.29, 0.717) is 34.4 Å². The summed E-state index contributed by atoms with van der Waals surface area (Å²) in [7, 11) is 0. The van der Waals surface area contributed by atoms with Crippen molar-refractivity contribution in [2.45, 2.75) is 25.7 Å². The number of fused-ring (bicyclic) bond motifs is 1. The number of piperazine rings is 1. The standard InChI is InChI=1S/C26H25ClN4O3S/c1-16(32)17-4-8-20(9-5-17)30-12-14-31(15-13-30)25(34)21-10-11-22-23(21)28-26(35-22)29-24(33)18-2-6-19(27)7-3-18/h2-9,21H,10-15H2,1H3,(H,28,29,33). The molecule has 1 N–H and O–H groups in total. The summed E-state index contributed by atoms with van der Waals surface area (Å²) in [5, 5.41) is 3.95. The lowest BCUT2D eigenvalue weighted by Gasteiger charge is -2.37. The minimum absolute atomic E-state index is 0.0534. The van der Waals surface area contributed by atoms with Gasteiger partial charge in [-0.05, 0) is 68.3 Å². The maximum Gasteiger partial charge on any atom is 0.257 e. The topological polar surface area (TPSA) is 82.6 Å². The molecule has 2 aromatic carbocycles. The van der Waals surface area contributed by atoms with Crippen LogP contribution in [0, 0.1) is 0 Å². The number of hydrogen-bond acceptors (Lipinski definition) is 6. The molecule has 180 valence electrons. The summed E-state index contributed by atoms with van der Waals surface area (Å²) in [5.74, 6) is -0.345. The average Bonchev–Trinajstić information content (AvgIpc) is 3.44. The maximum atomic E-state index is 13.3. The van der Waals surface area contributed by atoms with Crippen molar-refractivity contribution < 1.29 is 14.4 Å². The van der Waals surface area contributed by atoms with E-state index in [9.17, 15) is 14.4 Å². The van der Waals surface area contributed by atoms with Crippen LogP contribution in [-0.4, -0.2) is 53.7 Å². The molecule has 1 atom stereocenters. The second-order valence-electron chi connectivity index (χ2n) is 8.80. The quantitative estimate of drug-likeness (QED) is 0.508. The Labute approximate surface area is 212 Å². The first-order valence-corrected chi connectivity index (χ1v) is 12.8. The number of nitrogens with one attached hydrogen (secondary N) is 1. The van der Waals surface area contributed by atoms with Crippen LogP contribution in [0.1, 0.15) is 50.5 Å². The van der Waals surface area contributed by atoms with Crippen LogP contribution in [0.5, 0.6) is 0 Å². The molecule has 0 saturated carbocycles. The fourth-order valence-electron chi connectivity index (χ4n) is 4.60. The molecule has 35 heavy (non-hydrogen) atoms. The number of benzene rings is 2. The molecule has 1 fully saturated rings. The lowest BCUT2D eigenvalue weighted by atomic mass is 10.0. The highest BCUT2D eigenvalue weighted by atomic mass is 35.5. The van der Waals surface area contributed by atoms with Crippen LogP contribution in [0.25, 0.3) is 0 Å². The summed E-state index contributed by atoms with van der Waals surface area (Å²) < 4.78 is 0. The number of carbonyl (C=O) groups is 3. The molecule has 9 heteroatoms. The minimum atomic E-state index is -0.260. The number of anilines is 2. The van der Waals surface area contributed by atoms with Gasteiger partial charge in [-0.1, -0.05) is 11.6 Å². The van der Waals surface area contributed by atoms with Gasteiger partial charge in [-0.3, -0.25) is 19.7 Å². The monoisotopic (exact) mass is 508 g/mol. The Bertz CT molecular complexity index is 1260. The Hall–Kier alpha value is -3.23. The second kappa shape index (κ2) is 9.79. The summed E-state index contributed by atoms with van der Waals surface area (Å²) in [6.45, 7) is 4.33. The van der Waals surface area contributed by atoms with Crippen molar-refractivity contribution in [3.63, 3.8) is 0 Å². The van der Waals surface area contributed by atoms with Crippen molar-refractivity contribution >= 4 is 51.4 Å². The number of hydrogen-bond donors (Lipinski definition) is 1. The number of thiazole rings is 1. The number of aryl methyl sites for hydroxylation is 1. The molecule has 1 aromatic heterocycles. The van der Waals surface area contributed by atoms with Crippen LogP contribution in [0.2, 0.25) is 5.02 Å². The third-order valence-electron chi connectivity index (χ3n) is 6.57. The third kappa shape index (κ3) is 4.94. The summed E-state index contributed by atoms with van der Waals surface area (Å²) >= 11 is 7.34. The first-order chi connectivity index (χ1) is 16.9. The van der Waals surface area contributed by atoms with E-state index < -0.39 is 0 Å². The smallest absolute Gasteiger partial charge is 0.257 e. The fourth-order valence-corrected chi connectivity index (χ4v) is 5.76. The Morgan fingerprint density at radius 2 is 1.63 bits per heavy atom. The Balaban J connectivity index is 1.20. The highest BCUT2D eigenvalue weighted by molar-refractivity contribution is 7.16. The first-order valence-electron chi connectivity index (χ1n) is 11.6. The molecule has 1 aliphatic carbocycles. The van der Waals surface area contributed by atoms with Gasteiger partial charge >= 0.3 is 0 Å². The zero-order valence-corrected chi connectivity index (χ0v) is 20.9. The van der Waals surface area contributed by atoms with E-state index in [1.165, 1.54) is 11.3 Å². The number of nitrogens with zero attached hydrogens (tertiary/aromatic N) is 3. The van der Waals surface area contributed by atoms with Gasteiger partial charge in [0.15, 0.2) is 10.9 Å². The van der Waals surface area contributed by atoms with Crippen molar-refractivity contribution in [1.29, 1.82) is 0 Å². The highest BCUT2D eigenvalue weighted by Crippen LogP contribution is 2.39. The van der Waals surface area contributed by atoms with Gasteiger partial charge in [-0.2, -0.15) is 0 Å². The molecule has 1 aliphatic heterocycles. The zero-order valence-electron chi connectivity index (χ0n) is 19.3. The van der Waals surface area contributed by atoms with Crippen LogP contribution < -0.4 is 10.2 Å². The molecule has 2 aliphatic rings. The number of rotatable bonds is 5. The molecule has 7 nitrogen and oxygen atoms in total. The molecule has 0 radical (unpaired) electrons. The van der Waals surface area contributed by atoms with Crippen LogP contribution in [0.15, 0.2) is 48.5 Å². The van der Waals surface area contributed by atoms with Gasteiger partial charge in [-0.15, -0.1) is 11.3 Å². The number of Topliss-reactive ketones (excluding diaryl/α,β-unsaturated/α-hetero) is 1. The van der Waals surface area contributed by atoms with E-state index >= 15 is 0 Å². The SMILES string of the molecule is CC(=O)c1ccc(N2CCN(C(=O)C3CCc4sc(NC(=O)c5ccc(Cl)cc5)nc43)CC2)cc1. The van der Waals surface area contributed by atoms with E-state index in [4.69, 9.17) is 11.6 Å². The van der Waals surface area contributed by atoms with Gasteiger partial charge in [0.05, 0.1) is 11.6 Å². The van der Waals surface area contributed by atoms with Gasteiger partial charge in [0.1, 0.15) is 0 Å². The van der Waals surface area contributed by atoms with Crippen LogP contribution in [0.4, 0.5) is 10.8 Å². The van der Waals surface area contributed by atoms with Gasteiger partial charge in [0, 0.05) is 52.9 Å². The molecule has 3 aromatic rings. The lowest BCUT2D eigenvalue weighted by Crippen LogP contribution is -2.50. The number of aromatic nitrogens is 1. The molecule has 5 rings (SSSR count). The van der Waals surface area contributed by atoms with Crippen molar-refractivity contribution in [1.82, 2.24) is 9.88 Å². The van der Waals surface area contributed by atoms with E-state index in [0.717, 1.165) is 42.2 Å². The van der Waals surface area contributed by atoms with E-state index in [-0.39, 0.29) is 23.5 Å². The van der Waals surface area contributed by atoms with Crippen molar-refractivity contribution in [2.75, 3.05) is 36.4 Å². The number of carbonyl (C=O) groups excluding carboxylic acids is 3. The highest BCUT2D eigenvalue weighted by Gasteiger charge is 2.36. The molecule has 0 bridgehead atoms. The minimum Gasteiger partial charge on any atom is -0.368 e. The lowest BCUT2D eigenvalue weighted by molar-refractivity contribution is -0.133. The Morgan fingerprint density at radius 3 is 2.29 bits per heavy atom. The fraction of sp³-hybridized carbons (Fsp3) is 0.308. The van der Waals surface area contributed by atoms with Crippen LogP contribution in [0.3, 0.4) is 0 Å². The Kier molecular flexibility index (Phi) is 6.58. The van der Waals surface area contributed by atoms with Gasteiger partial charge in [0.2, 0.25) is 5.91 Å². The Morgan fingerprint density at radius 1 is 0.971 bits per heavy atom. The first kappa shape index (κ1) is 23.5. The summed E-state index contributed by atoms with van der Waals surface area (Å²) in [6.07, 6.45) is 1.55. The summed E-state index contributed by atoms with van der Waals surface area (Å²) in [6, 6.07) is 14.3. The molecular formula is C26H25ClN4O3S.